The highest BCUT2D eigenvalue weighted by molar-refractivity contribution is 7.80. The second-order valence-electron chi connectivity index (χ2n) is 4.86. The van der Waals surface area contributed by atoms with E-state index in [-0.39, 0.29) is 17.4 Å². The van der Waals surface area contributed by atoms with Crippen molar-refractivity contribution in [1.29, 1.82) is 0 Å². The first kappa shape index (κ1) is 17.1. The Bertz CT molecular complexity index is 672. The molecule has 0 saturated carbocycles. The summed E-state index contributed by atoms with van der Waals surface area (Å²) >= 11 is 6.67. The first-order chi connectivity index (χ1) is 11.1. The molecule has 1 aromatic carbocycles. The van der Waals surface area contributed by atoms with Gasteiger partial charge in [0.1, 0.15) is 0 Å². The van der Waals surface area contributed by atoms with E-state index in [1.807, 2.05) is 35.7 Å². The molecule has 3 N–H and O–H groups in total. The van der Waals surface area contributed by atoms with Gasteiger partial charge in [-0.15, -0.1) is 11.3 Å². The van der Waals surface area contributed by atoms with E-state index in [2.05, 4.69) is 5.32 Å². The fraction of sp³-hybridized carbons (Fsp3) is 0.188. The zero-order valence-corrected chi connectivity index (χ0v) is 14.0. The van der Waals surface area contributed by atoms with Gasteiger partial charge in [0, 0.05) is 19.5 Å². The summed E-state index contributed by atoms with van der Waals surface area (Å²) in [7, 11) is 0. The molecule has 1 heterocycles. The Labute approximate surface area is 144 Å². The number of hydrogen-bond acceptors (Lipinski definition) is 4. The van der Waals surface area contributed by atoms with Crippen molar-refractivity contribution in [2.75, 3.05) is 6.54 Å². The van der Waals surface area contributed by atoms with Gasteiger partial charge >= 0.3 is 0 Å². The Balaban J connectivity index is 2.04. The van der Waals surface area contributed by atoms with Crippen LogP contribution in [0.15, 0.2) is 47.8 Å². The molecule has 0 aliphatic rings. The summed E-state index contributed by atoms with van der Waals surface area (Å²) in [5.41, 5.74) is 6.25. The number of rotatable bonds is 6. The maximum Gasteiger partial charge on any atom is 0.267 e. The Morgan fingerprint density at radius 1 is 1.17 bits per heavy atom. The molecule has 0 fully saturated rings. The molecule has 0 radical (unpaired) electrons. The zero-order valence-electron chi connectivity index (χ0n) is 12.4. The molecule has 1 aromatic heterocycles. The summed E-state index contributed by atoms with van der Waals surface area (Å²) in [5.74, 6) is -0.655. The number of nitrogens with one attached hydrogen (secondary N) is 1. The van der Waals surface area contributed by atoms with Crippen LogP contribution < -0.4 is 11.1 Å². The van der Waals surface area contributed by atoms with E-state index in [9.17, 15) is 9.59 Å². The summed E-state index contributed by atoms with van der Waals surface area (Å²) in [4.78, 5) is 25.5. The van der Waals surface area contributed by atoms with E-state index in [1.54, 1.807) is 17.0 Å². The minimum absolute atomic E-state index is 0.168. The van der Waals surface area contributed by atoms with Crippen LogP contribution in [0.4, 0.5) is 0 Å². The summed E-state index contributed by atoms with van der Waals surface area (Å²) < 4.78 is 0. The molecule has 0 atom stereocenters. The molecule has 120 valence electrons. The molecule has 2 aromatic rings. The van der Waals surface area contributed by atoms with Gasteiger partial charge in [0.05, 0.1) is 4.88 Å². The predicted octanol–water partition coefficient (Wildman–Crippen LogP) is 2.14. The maximum atomic E-state index is 12.1. The predicted molar refractivity (Wildman–Crippen MR) is 95.0 cm³/mol. The van der Waals surface area contributed by atoms with Crippen molar-refractivity contribution >= 4 is 40.5 Å². The molecule has 0 saturated heterocycles. The molecule has 0 unspecified atom stereocenters. The highest BCUT2D eigenvalue weighted by atomic mass is 32.1. The molecule has 23 heavy (non-hydrogen) atoms. The molecule has 0 aliphatic carbocycles. The van der Waals surface area contributed by atoms with Crippen molar-refractivity contribution in [1.82, 2.24) is 10.2 Å². The molecule has 2 amide bonds. The Morgan fingerprint density at radius 2 is 1.91 bits per heavy atom. The molecule has 5 nitrogen and oxygen atoms in total. The number of amides is 2. The number of thiocarbonyl (C=S) groups is 1. The first-order valence-electron chi connectivity index (χ1n) is 7.02. The van der Waals surface area contributed by atoms with E-state index < -0.39 is 5.91 Å². The molecule has 0 aliphatic heterocycles. The highest BCUT2D eigenvalue weighted by Crippen LogP contribution is 2.09. The van der Waals surface area contributed by atoms with Crippen LogP contribution in [0, 0.1) is 0 Å². The monoisotopic (exact) mass is 347 g/mol. The SMILES string of the molecule is NC(=O)CCN(Cc1ccccc1)C(=S)NC(=O)c1cccs1. The summed E-state index contributed by atoms with van der Waals surface area (Å²) in [6.07, 6.45) is 0.168. The van der Waals surface area contributed by atoms with Crippen molar-refractivity contribution in [2.24, 2.45) is 5.73 Å². The second kappa shape index (κ2) is 8.40. The van der Waals surface area contributed by atoms with Crippen molar-refractivity contribution in [2.45, 2.75) is 13.0 Å². The van der Waals surface area contributed by atoms with E-state index >= 15 is 0 Å². The fourth-order valence-electron chi connectivity index (χ4n) is 1.95. The molecular weight excluding hydrogens is 330 g/mol. The fourth-order valence-corrected chi connectivity index (χ4v) is 2.81. The van der Waals surface area contributed by atoms with Gasteiger partial charge in [0.15, 0.2) is 5.11 Å². The van der Waals surface area contributed by atoms with Gasteiger partial charge in [-0.25, -0.2) is 0 Å². The minimum atomic E-state index is -0.407. The lowest BCUT2D eigenvalue weighted by Crippen LogP contribution is -2.43. The van der Waals surface area contributed by atoms with Crippen LogP contribution in [-0.4, -0.2) is 28.4 Å². The van der Waals surface area contributed by atoms with Gasteiger partial charge in [0.2, 0.25) is 5.91 Å². The van der Waals surface area contributed by atoms with E-state index in [0.29, 0.717) is 18.0 Å². The van der Waals surface area contributed by atoms with Gasteiger partial charge in [-0.3, -0.25) is 14.9 Å². The molecule has 0 bridgehead atoms. The molecule has 0 spiro atoms. The van der Waals surface area contributed by atoms with Crippen LogP contribution in [0.25, 0.3) is 0 Å². The van der Waals surface area contributed by atoms with Crippen LogP contribution in [0.3, 0.4) is 0 Å². The molecule has 2 rings (SSSR count). The van der Waals surface area contributed by atoms with E-state index in [1.165, 1.54) is 11.3 Å². The quantitative estimate of drug-likeness (QED) is 0.785. The molecular formula is C16H17N3O2S2. The van der Waals surface area contributed by atoms with E-state index in [0.717, 1.165) is 5.56 Å². The number of primary amides is 1. The van der Waals surface area contributed by atoms with Crippen molar-refractivity contribution in [3.63, 3.8) is 0 Å². The van der Waals surface area contributed by atoms with Gasteiger partial charge in [0.25, 0.3) is 5.91 Å². The van der Waals surface area contributed by atoms with Gasteiger partial charge < -0.3 is 10.6 Å². The lowest BCUT2D eigenvalue weighted by atomic mass is 10.2. The van der Waals surface area contributed by atoms with Crippen LogP contribution in [0.5, 0.6) is 0 Å². The Hall–Kier alpha value is -2.25. The zero-order chi connectivity index (χ0) is 16.7. The van der Waals surface area contributed by atoms with Crippen LogP contribution in [0.1, 0.15) is 21.7 Å². The van der Waals surface area contributed by atoms with Crippen LogP contribution in [-0.2, 0) is 11.3 Å². The third-order valence-electron chi connectivity index (χ3n) is 3.10. The van der Waals surface area contributed by atoms with Crippen molar-refractivity contribution < 1.29 is 9.59 Å². The average molecular weight is 347 g/mol. The maximum absolute atomic E-state index is 12.1. The third-order valence-corrected chi connectivity index (χ3v) is 4.33. The lowest BCUT2D eigenvalue weighted by molar-refractivity contribution is -0.118. The van der Waals surface area contributed by atoms with Gasteiger partial charge in [-0.1, -0.05) is 36.4 Å². The summed E-state index contributed by atoms with van der Waals surface area (Å²) in [5, 5.41) is 4.81. The summed E-state index contributed by atoms with van der Waals surface area (Å²) in [6.45, 7) is 0.853. The average Bonchev–Trinajstić information content (AvgIpc) is 3.06. The second-order valence-corrected chi connectivity index (χ2v) is 6.19. The van der Waals surface area contributed by atoms with Crippen molar-refractivity contribution in [3.8, 4) is 0 Å². The molecule has 7 heteroatoms. The van der Waals surface area contributed by atoms with Crippen LogP contribution >= 0.6 is 23.6 Å². The highest BCUT2D eigenvalue weighted by Gasteiger charge is 2.15. The topological polar surface area (TPSA) is 75.4 Å². The number of hydrogen-bond donors (Lipinski definition) is 2. The lowest BCUT2D eigenvalue weighted by Gasteiger charge is -2.25. The number of nitrogens with zero attached hydrogens (tertiary/aromatic N) is 1. The smallest absolute Gasteiger partial charge is 0.267 e. The number of nitrogens with two attached hydrogens (primary N) is 1. The Kier molecular flexibility index (Phi) is 6.25. The standard InChI is InChI=1S/C16H17N3O2S2/c17-14(20)8-9-19(11-12-5-2-1-3-6-12)16(22)18-15(21)13-7-4-10-23-13/h1-7,10H,8-9,11H2,(H2,17,20)(H,18,21,22). The Morgan fingerprint density at radius 3 is 2.52 bits per heavy atom. The van der Waals surface area contributed by atoms with Gasteiger partial charge in [-0.05, 0) is 29.2 Å². The third kappa shape index (κ3) is 5.46. The largest absolute Gasteiger partial charge is 0.370 e. The van der Waals surface area contributed by atoms with Crippen LogP contribution in [0.2, 0.25) is 0 Å². The number of thiophene rings is 1. The number of carbonyl (C=O) groups excluding carboxylic acids is 2. The van der Waals surface area contributed by atoms with E-state index in [4.69, 9.17) is 18.0 Å². The normalized spacial score (nSPS) is 10.1. The summed E-state index contributed by atoms with van der Waals surface area (Å²) in [6, 6.07) is 13.2. The van der Waals surface area contributed by atoms with Crippen molar-refractivity contribution in [3.05, 3.63) is 58.3 Å². The first-order valence-corrected chi connectivity index (χ1v) is 8.31. The van der Waals surface area contributed by atoms with Gasteiger partial charge in [-0.2, -0.15) is 0 Å². The number of carbonyl (C=O) groups is 2. The minimum Gasteiger partial charge on any atom is -0.370 e. The number of benzene rings is 1.